The summed E-state index contributed by atoms with van der Waals surface area (Å²) in [6.45, 7) is 1.57. The SMILES string of the molecule is O=C1CCCN1c1ccccc1NCc1cc[nH]c1. The molecule has 0 aliphatic carbocycles. The summed E-state index contributed by atoms with van der Waals surface area (Å²) in [6.07, 6.45) is 5.49. The second kappa shape index (κ2) is 5.18. The number of amides is 1. The molecule has 0 bridgehead atoms. The molecule has 98 valence electrons. The van der Waals surface area contributed by atoms with Gasteiger partial charge in [0.2, 0.25) is 5.91 Å². The van der Waals surface area contributed by atoms with E-state index in [9.17, 15) is 4.79 Å². The van der Waals surface area contributed by atoms with Crippen molar-refractivity contribution in [2.45, 2.75) is 19.4 Å². The second-order valence-corrected chi connectivity index (χ2v) is 4.74. The number of benzene rings is 1. The van der Waals surface area contributed by atoms with Gasteiger partial charge in [0.25, 0.3) is 0 Å². The number of para-hydroxylation sites is 2. The van der Waals surface area contributed by atoms with Crippen LogP contribution in [0.25, 0.3) is 0 Å². The highest BCUT2D eigenvalue weighted by Crippen LogP contribution is 2.29. The lowest BCUT2D eigenvalue weighted by Crippen LogP contribution is -2.24. The number of nitrogens with one attached hydrogen (secondary N) is 2. The summed E-state index contributed by atoms with van der Waals surface area (Å²) in [5.74, 6) is 0.218. The first-order chi connectivity index (χ1) is 9.34. The Kier molecular flexibility index (Phi) is 3.23. The molecule has 1 aliphatic heterocycles. The monoisotopic (exact) mass is 255 g/mol. The number of anilines is 2. The lowest BCUT2D eigenvalue weighted by Gasteiger charge is -2.20. The van der Waals surface area contributed by atoms with Gasteiger partial charge in [0.15, 0.2) is 0 Å². The van der Waals surface area contributed by atoms with Gasteiger partial charge in [0.05, 0.1) is 11.4 Å². The van der Waals surface area contributed by atoms with Gasteiger partial charge in [-0.05, 0) is 30.2 Å². The lowest BCUT2D eigenvalue weighted by atomic mass is 10.2. The number of H-pyrrole nitrogens is 1. The maximum Gasteiger partial charge on any atom is 0.227 e. The van der Waals surface area contributed by atoms with Gasteiger partial charge in [0.1, 0.15) is 0 Å². The number of hydrogen-bond donors (Lipinski definition) is 2. The maximum atomic E-state index is 11.9. The van der Waals surface area contributed by atoms with Crippen molar-refractivity contribution in [1.29, 1.82) is 0 Å². The molecule has 1 aliphatic rings. The smallest absolute Gasteiger partial charge is 0.227 e. The number of aromatic nitrogens is 1. The third-order valence-electron chi connectivity index (χ3n) is 3.41. The zero-order chi connectivity index (χ0) is 13.1. The Morgan fingerprint density at radius 1 is 1.26 bits per heavy atom. The quantitative estimate of drug-likeness (QED) is 0.882. The van der Waals surface area contributed by atoms with Crippen LogP contribution in [-0.4, -0.2) is 17.4 Å². The molecule has 4 nitrogen and oxygen atoms in total. The van der Waals surface area contributed by atoms with Crippen molar-refractivity contribution in [2.24, 2.45) is 0 Å². The molecule has 1 saturated heterocycles. The van der Waals surface area contributed by atoms with E-state index in [0.717, 1.165) is 30.9 Å². The van der Waals surface area contributed by atoms with Crippen LogP contribution in [-0.2, 0) is 11.3 Å². The van der Waals surface area contributed by atoms with Crippen molar-refractivity contribution < 1.29 is 4.79 Å². The average molecular weight is 255 g/mol. The van der Waals surface area contributed by atoms with E-state index in [-0.39, 0.29) is 5.91 Å². The number of rotatable bonds is 4. The Morgan fingerprint density at radius 3 is 2.89 bits per heavy atom. The van der Waals surface area contributed by atoms with E-state index in [2.05, 4.69) is 10.3 Å². The van der Waals surface area contributed by atoms with Gasteiger partial charge < -0.3 is 15.2 Å². The van der Waals surface area contributed by atoms with Crippen molar-refractivity contribution in [3.63, 3.8) is 0 Å². The number of nitrogens with zero attached hydrogens (tertiary/aromatic N) is 1. The minimum absolute atomic E-state index is 0.218. The van der Waals surface area contributed by atoms with E-state index >= 15 is 0 Å². The van der Waals surface area contributed by atoms with E-state index in [1.807, 2.05) is 47.6 Å². The summed E-state index contributed by atoms with van der Waals surface area (Å²) < 4.78 is 0. The van der Waals surface area contributed by atoms with Crippen LogP contribution in [0.15, 0.2) is 42.7 Å². The van der Waals surface area contributed by atoms with Crippen LogP contribution in [0.2, 0.25) is 0 Å². The van der Waals surface area contributed by atoms with E-state index in [1.165, 1.54) is 5.56 Å². The fourth-order valence-corrected chi connectivity index (χ4v) is 2.43. The molecule has 0 unspecified atom stereocenters. The first kappa shape index (κ1) is 11.8. The van der Waals surface area contributed by atoms with Crippen molar-refractivity contribution >= 4 is 17.3 Å². The maximum absolute atomic E-state index is 11.9. The molecule has 0 atom stereocenters. The highest BCUT2D eigenvalue weighted by Gasteiger charge is 2.23. The van der Waals surface area contributed by atoms with Gasteiger partial charge in [-0.1, -0.05) is 12.1 Å². The predicted molar refractivity (Wildman–Crippen MR) is 76.1 cm³/mol. The molecule has 1 aromatic carbocycles. The van der Waals surface area contributed by atoms with Crippen molar-refractivity contribution in [3.8, 4) is 0 Å². The van der Waals surface area contributed by atoms with E-state index in [1.54, 1.807) is 0 Å². The fourth-order valence-electron chi connectivity index (χ4n) is 2.43. The van der Waals surface area contributed by atoms with Crippen LogP contribution in [0.3, 0.4) is 0 Å². The van der Waals surface area contributed by atoms with E-state index in [4.69, 9.17) is 0 Å². The molecule has 0 spiro atoms. The summed E-state index contributed by atoms with van der Waals surface area (Å²) in [5, 5.41) is 3.40. The molecular weight excluding hydrogens is 238 g/mol. The van der Waals surface area contributed by atoms with Crippen LogP contribution < -0.4 is 10.2 Å². The van der Waals surface area contributed by atoms with E-state index in [0.29, 0.717) is 6.42 Å². The first-order valence-corrected chi connectivity index (χ1v) is 6.59. The Morgan fingerprint density at radius 2 is 2.16 bits per heavy atom. The summed E-state index contributed by atoms with van der Waals surface area (Å²) in [7, 11) is 0. The Balaban J connectivity index is 1.79. The summed E-state index contributed by atoms with van der Waals surface area (Å²) >= 11 is 0. The molecule has 19 heavy (non-hydrogen) atoms. The normalized spacial score (nSPS) is 14.9. The molecule has 2 heterocycles. The predicted octanol–water partition coefficient (Wildman–Crippen LogP) is 2.75. The number of carbonyl (C=O) groups is 1. The Hall–Kier alpha value is -2.23. The molecule has 4 heteroatoms. The molecule has 2 aromatic rings. The molecule has 1 amide bonds. The minimum Gasteiger partial charge on any atom is -0.379 e. The highest BCUT2D eigenvalue weighted by molar-refractivity contribution is 5.98. The third kappa shape index (κ3) is 2.47. The van der Waals surface area contributed by atoms with Crippen LogP contribution >= 0.6 is 0 Å². The molecule has 0 radical (unpaired) electrons. The van der Waals surface area contributed by atoms with Gasteiger partial charge in [-0.15, -0.1) is 0 Å². The van der Waals surface area contributed by atoms with Gasteiger partial charge in [-0.2, -0.15) is 0 Å². The molecule has 3 rings (SSSR count). The zero-order valence-corrected chi connectivity index (χ0v) is 10.7. The van der Waals surface area contributed by atoms with Gasteiger partial charge in [-0.25, -0.2) is 0 Å². The third-order valence-corrected chi connectivity index (χ3v) is 3.41. The lowest BCUT2D eigenvalue weighted by molar-refractivity contribution is -0.117. The van der Waals surface area contributed by atoms with Crippen LogP contribution in [0, 0.1) is 0 Å². The molecule has 1 fully saturated rings. The van der Waals surface area contributed by atoms with Crippen LogP contribution in [0.1, 0.15) is 18.4 Å². The first-order valence-electron chi connectivity index (χ1n) is 6.59. The number of hydrogen-bond acceptors (Lipinski definition) is 2. The highest BCUT2D eigenvalue weighted by atomic mass is 16.2. The van der Waals surface area contributed by atoms with Crippen LogP contribution in [0.4, 0.5) is 11.4 Å². The Bertz CT molecular complexity index is 563. The minimum atomic E-state index is 0.218. The average Bonchev–Trinajstić information content (AvgIpc) is 3.08. The zero-order valence-electron chi connectivity index (χ0n) is 10.7. The molecule has 2 N–H and O–H groups in total. The largest absolute Gasteiger partial charge is 0.379 e. The summed E-state index contributed by atoms with van der Waals surface area (Å²) in [4.78, 5) is 16.8. The number of aromatic amines is 1. The van der Waals surface area contributed by atoms with Gasteiger partial charge in [-0.3, -0.25) is 4.79 Å². The summed E-state index contributed by atoms with van der Waals surface area (Å²) in [6, 6.07) is 10.0. The van der Waals surface area contributed by atoms with Gasteiger partial charge in [0, 0.05) is 31.9 Å². The molecular formula is C15H17N3O. The van der Waals surface area contributed by atoms with Crippen molar-refractivity contribution in [2.75, 3.05) is 16.8 Å². The topological polar surface area (TPSA) is 48.1 Å². The van der Waals surface area contributed by atoms with Crippen molar-refractivity contribution in [3.05, 3.63) is 48.3 Å². The standard InChI is InChI=1S/C15H17N3O/c19-15-6-3-9-18(15)14-5-2-1-4-13(14)17-11-12-7-8-16-10-12/h1-2,4-5,7-8,10,16-17H,3,6,9,11H2. The Labute approximate surface area is 112 Å². The van der Waals surface area contributed by atoms with E-state index < -0.39 is 0 Å². The van der Waals surface area contributed by atoms with Gasteiger partial charge >= 0.3 is 0 Å². The van der Waals surface area contributed by atoms with Crippen molar-refractivity contribution in [1.82, 2.24) is 4.98 Å². The molecule has 0 saturated carbocycles. The number of carbonyl (C=O) groups excluding carboxylic acids is 1. The second-order valence-electron chi connectivity index (χ2n) is 4.74. The molecule has 1 aromatic heterocycles. The fraction of sp³-hybridized carbons (Fsp3) is 0.267. The van der Waals surface area contributed by atoms with Crippen LogP contribution in [0.5, 0.6) is 0 Å². The summed E-state index contributed by atoms with van der Waals surface area (Å²) in [5.41, 5.74) is 3.20.